The van der Waals surface area contributed by atoms with E-state index in [4.69, 9.17) is 0 Å². The zero-order chi connectivity index (χ0) is 17.6. The van der Waals surface area contributed by atoms with Gasteiger partial charge in [-0.25, -0.2) is 0 Å². The minimum absolute atomic E-state index is 0.0539. The molecule has 11 heteroatoms. The van der Waals surface area contributed by atoms with E-state index >= 15 is 0 Å². The molecule has 0 spiro atoms. The molecule has 1 heterocycles. The van der Waals surface area contributed by atoms with E-state index in [0.717, 1.165) is 21.9 Å². The first-order chi connectivity index (χ1) is 10.4. The summed E-state index contributed by atoms with van der Waals surface area (Å²) in [5.74, 6) is -1.71. The van der Waals surface area contributed by atoms with Gasteiger partial charge in [0.15, 0.2) is 0 Å². The normalized spacial score (nSPS) is 16.2. The minimum Gasteiger partial charge on any atom is -0.376 e. The van der Waals surface area contributed by atoms with E-state index in [1.807, 2.05) is 0 Å². The Morgan fingerprint density at radius 1 is 1.04 bits per heavy atom. The Labute approximate surface area is 129 Å². The molecule has 0 fully saturated rings. The number of halogens is 3. The molecule has 0 N–H and O–H groups in total. The number of carbonyl (C=O) groups is 2. The molecule has 1 aliphatic rings. The average Bonchev–Trinajstić information content (AvgIpc) is 2.50. The Kier molecular flexibility index (Phi) is 4.01. The summed E-state index contributed by atoms with van der Waals surface area (Å²) < 4.78 is 63.1. The second-order valence-corrected chi connectivity index (χ2v) is 6.25. The maximum atomic E-state index is 12.3. The van der Waals surface area contributed by atoms with Gasteiger partial charge in [0.25, 0.3) is 0 Å². The minimum atomic E-state index is -5.83. The summed E-state index contributed by atoms with van der Waals surface area (Å²) in [6.07, 6.45) is -0.418. The summed E-state index contributed by atoms with van der Waals surface area (Å²) in [7, 11) is -3.12. The quantitative estimate of drug-likeness (QED) is 0.454. The van der Waals surface area contributed by atoms with Crippen molar-refractivity contribution in [2.24, 2.45) is 0 Å². The number of carbonyl (C=O) groups excluding carboxylic acids is 2. The van der Waals surface area contributed by atoms with Gasteiger partial charge in [-0.3, -0.25) is 9.59 Å². The van der Waals surface area contributed by atoms with Crippen molar-refractivity contribution >= 4 is 33.3 Å². The molecule has 7 nitrogen and oxygen atoms in total. The second kappa shape index (κ2) is 5.41. The fourth-order valence-electron chi connectivity index (χ4n) is 1.92. The maximum Gasteiger partial charge on any atom is 0.534 e. The fraction of sp³-hybridized carbons (Fsp3) is 0.333. The van der Waals surface area contributed by atoms with Crippen LogP contribution in [-0.2, 0) is 19.7 Å². The first-order valence-corrected chi connectivity index (χ1v) is 7.53. The lowest BCUT2D eigenvalue weighted by molar-refractivity contribution is -0.125. The Balaban J connectivity index is 2.48. The summed E-state index contributed by atoms with van der Waals surface area (Å²) >= 11 is 0. The first kappa shape index (κ1) is 17.1. The van der Waals surface area contributed by atoms with E-state index in [1.165, 1.54) is 20.2 Å². The molecule has 0 aliphatic carbocycles. The Morgan fingerprint density at radius 2 is 1.57 bits per heavy atom. The Morgan fingerprint density at radius 3 is 2.09 bits per heavy atom. The van der Waals surface area contributed by atoms with Crippen LogP contribution in [0.4, 0.5) is 24.5 Å². The summed E-state index contributed by atoms with van der Waals surface area (Å²) in [6.45, 7) is 0. The number of anilines is 2. The van der Waals surface area contributed by atoms with Crippen LogP contribution in [0.5, 0.6) is 5.75 Å². The topological polar surface area (TPSA) is 84.0 Å². The number of hydrogen-bond donors (Lipinski definition) is 0. The van der Waals surface area contributed by atoms with E-state index in [1.54, 1.807) is 0 Å². The number of hydrogen-bond acceptors (Lipinski definition) is 5. The van der Waals surface area contributed by atoms with Crippen molar-refractivity contribution in [2.75, 3.05) is 23.9 Å². The SMILES string of the molecule is CN1C(=O)CC(=O)N(C)c2cc(OS(=O)(=O)C(F)(F)F)ccc21. The average molecular weight is 352 g/mol. The van der Waals surface area contributed by atoms with Gasteiger partial charge in [0, 0.05) is 20.2 Å². The molecule has 1 aromatic carbocycles. The van der Waals surface area contributed by atoms with Gasteiger partial charge in [-0.05, 0) is 12.1 Å². The number of benzene rings is 1. The van der Waals surface area contributed by atoms with E-state index in [0.29, 0.717) is 0 Å². The third-order valence-electron chi connectivity index (χ3n) is 3.21. The van der Waals surface area contributed by atoms with Gasteiger partial charge in [0.05, 0.1) is 11.4 Å². The van der Waals surface area contributed by atoms with E-state index in [-0.39, 0.29) is 11.4 Å². The van der Waals surface area contributed by atoms with Crippen LogP contribution in [0.1, 0.15) is 6.42 Å². The van der Waals surface area contributed by atoms with Crippen LogP contribution in [0.3, 0.4) is 0 Å². The van der Waals surface area contributed by atoms with Crippen LogP contribution in [0, 0.1) is 0 Å². The van der Waals surface area contributed by atoms with Gasteiger partial charge in [-0.1, -0.05) is 0 Å². The highest BCUT2D eigenvalue weighted by Crippen LogP contribution is 2.36. The lowest BCUT2D eigenvalue weighted by Gasteiger charge is -2.21. The molecule has 0 atom stereocenters. The van der Waals surface area contributed by atoms with Gasteiger partial charge in [-0.2, -0.15) is 21.6 Å². The monoisotopic (exact) mass is 352 g/mol. The van der Waals surface area contributed by atoms with Gasteiger partial charge >= 0.3 is 15.6 Å². The molecule has 0 radical (unpaired) electrons. The summed E-state index contributed by atoms with van der Waals surface area (Å²) in [5, 5.41) is 0. The van der Waals surface area contributed by atoms with E-state index < -0.39 is 39.6 Å². The smallest absolute Gasteiger partial charge is 0.376 e. The molecule has 23 heavy (non-hydrogen) atoms. The number of alkyl halides is 3. The largest absolute Gasteiger partial charge is 0.534 e. The zero-order valence-corrected chi connectivity index (χ0v) is 12.7. The van der Waals surface area contributed by atoms with E-state index in [2.05, 4.69) is 4.18 Å². The molecule has 126 valence electrons. The molecule has 0 unspecified atom stereocenters. The molecule has 2 rings (SSSR count). The third kappa shape index (κ3) is 3.09. The van der Waals surface area contributed by atoms with Crippen molar-refractivity contribution in [1.29, 1.82) is 0 Å². The van der Waals surface area contributed by atoms with Gasteiger partial charge < -0.3 is 14.0 Å². The van der Waals surface area contributed by atoms with Crippen LogP contribution in [0.15, 0.2) is 18.2 Å². The highest BCUT2D eigenvalue weighted by molar-refractivity contribution is 7.88. The Hall–Kier alpha value is -2.30. The summed E-state index contributed by atoms with van der Waals surface area (Å²) in [4.78, 5) is 25.8. The van der Waals surface area contributed by atoms with Crippen molar-refractivity contribution in [3.63, 3.8) is 0 Å². The standard InChI is InChI=1S/C12H11F3N2O5S/c1-16-8-4-3-7(22-23(20,21)12(13,14)15)5-9(8)17(2)11(19)6-10(16)18/h3-5H,6H2,1-2H3. The second-order valence-electron chi connectivity index (χ2n) is 4.72. The van der Waals surface area contributed by atoms with E-state index in [9.17, 15) is 31.2 Å². The van der Waals surface area contributed by atoms with Crippen LogP contribution in [0.2, 0.25) is 0 Å². The predicted molar refractivity (Wildman–Crippen MR) is 73.5 cm³/mol. The molecule has 1 aromatic rings. The van der Waals surface area contributed by atoms with Gasteiger partial charge in [-0.15, -0.1) is 0 Å². The molecule has 0 saturated carbocycles. The summed E-state index contributed by atoms with van der Waals surface area (Å²) in [6, 6.07) is 3.12. The fourth-order valence-corrected chi connectivity index (χ4v) is 2.37. The predicted octanol–water partition coefficient (Wildman–Crippen LogP) is 1.24. The molecule has 0 aromatic heterocycles. The molecule has 2 amide bonds. The third-order valence-corrected chi connectivity index (χ3v) is 4.19. The number of rotatable bonds is 2. The van der Waals surface area contributed by atoms with Crippen LogP contribution in [0.25, 0.3) is 0 Å². The van der Waals surface area contributed by atoms with Crippen molar-refractivity contribution in [3.05, 3.63) is 18.2 Å². The number of fused-ring (bicyclic) bond motifs is 1. The maximum absolute atomic E-state index is 12.3. The van der Waals surface area contributed by atoms with Crippen molar-refractivity contribution < 1.29 is 35.4 Å². The number of nitrogens with zero attached hydrogens (tertiary/aromatic N) is 2. The highest BCUT2D eigenvalue weighted by atomic mass is 32.2. The highest BCUT2D eigenvalue weighted by Gasteiger charge is 2.48. The van der Waals surface area contributed by atoms with Crippen LogP contribution >= 0.6 is 0 Å². The van der Waals surface area contributed by atoms with Gasteiger partial charge in [0.1, 0.15) is 12.2 Å². The first-order valence-electron chi connectivity index (χ1n) is 6.12. The lowest BCUT2D eigenvalue weighted by Crippen LogP contribution is -2.29. The summed E-state index contributed by atoms with van der Waals surface area (Å²) in [5.41, 5.74) is -5.29. The molecular weight excluding hydrogens is 341 g/mol. The molecule has 0 bridgehead atoms. The zero-order valence-electron chi connectivity index (χ0n) is 11.9. The van der Waals surface area contributed by atoms with Crippen molar-refractivity contribution in [2.45, 2.75) is 11.9 Å². The molecular formula is C12H11F3N2O5S. The Bertz CT molecular complexity index is 775. The van der Waals surface area contributed by atoms with Crippen molar-refractivity contribution in [1.82, 2.24) is 0 Å². The van der Waals surface area contributed by atoms with Crippen LogP contribution in [-0.4, -0.2) is 39.8 Å². The molecule has 0 saturated heterocycles. The number of amides is 2. The lowest BCUT2D eigenvalue weighted by atomic mass is 10.2. The van der Waals surface area contributed by atoms with Gasteiger partial charge in [0.2, 0.25) is 11.8 Å². The van der Waals surface area contributed by atoms with Crippen LogP contribution < -0.4 is 14.0 Å². The van der Waals surface area contributed by atoms with Crippen molar-refractivity contribution in [3.8, 4) is 5.75 Å². The molecule has 1 aliphatic heterocycles.